The van der Waals surface area contributed by atoms with E-state index in [2.05, 4.69) is 9.13 Å². The number of ether oxygens (including phenoxy) is 1. The Balaban J connectivity index is 3.40. The van der Waals surface area contributed by atoms with E-state index in [0.717, 1.165) is 11.0 Å². The Morgan fingerprint density at radius 1 is 1.39 bits per heavy atom. The molecule has 0 aliphatic rings. The van der Waals surface area contributed by atoms with E-state index >= 15 is 0 Å². The fraction of sp³-hybridized carbons (Fsp3) is 0.200. The van der Waals surface area contributed by atoms with Crippen LogP contribution in [0, 0.1) is 0 Å². The molecule has 1 aromatic rings. The maximum Gasteiger partial charge on any atom is 0.413 e. The number of hydrogen-bond acceptors (Lipinski definition) is 5. The molecule has 0 radical (unpaired) electrons. The van der Waals surface area contributed by atoms with Crippen molar-refractivity contribution in [2.45, 2.75) is 4.90 Å². The molecular formula is C10H10N2O5S. The summed E-state index contributed by atoms with van der Waals surface area (Å²) in [5.41, 5.74) is 0.0587. The van der Waals surface area contributed by atoms with Gasteiger partial charge in [0.25, 0.3) is 16.1 Å². The average Bonchev–Trinajstić information content (AvgIpc) is 2.37. The van der Waals surface area contributed by atoms with Gasteiger partial charge in [0.05, 0.1) is 12.8 Å². The number of rotatable bonds is 3. The van der Waals surface area contributed by atoms with E-state index in [4.69, 9.17) is 0 Å². The van der Waals surface area contributed by atoms with Crippen LogP contribution in [-0.2, 0) is 19.6 Å². The summed E-state index contributed by atoms with van der Waals surface area (Å²) in [6, 6.07) is 5.61. The summed E-state index contributed by atoms with van der Waals surface area (Å²) >= 11 is 0. The molecule has 0 heterocycles. The smallest absolute Gasteiger partial charge is 0.413 e. The topological polar surface area (TPSA) is 93.1 Å². The molecule has 0 unspecified atom stereocenters. The minimum Gasteiger partial charge on any atom is -0.452 e. The van der Waals surface area contributed by atoms with Gasteiger partial charge in [-0.15, -0.1) is 0 Å². The van der Waals surface area contributed by atoms with Crippen LogP contribution in [0.4, 0.5) is 10.5 Å². The average molecular weight is 270 g/mol. The van der Waals surface area contributed by atoms with Gasteiger partial charge in [0.1, 0.15) is 4.90 Å². The zero-order valence-electron chi connectivity index (χ0n) is 9.65. The summed E-state index contributed by atoms with van der Waals surface area (Å²) in [4.78, 5) is 22.2. The molecular weight excluding hydrogens is 260 g/mol. The van der Waals surface area contributed by atoms with Crippen LogP contribution in [0.2, 0.25) is 0 Å². The highest BCUT2D eigenvalue weighted by Gasteiger charge is 2.22. The van der Waals surface area contributed by atoms with Crippen LogP contribution in [0.3, 0.4) is 0 Å². The number of para-hydroxylation sites is 1. The van der Waals surface area contributed by atoms with Crippen LogP contribution in [0.25, 0.3) is 0 Å². The quantitative estimate of drug-likeness (QED) is 0.601. The van der Waals surface area contributed by atoms with Crippen molar-refractivity contribution in [1.29, 1.82) is 0 Å². The van der Waals surface area contributed by atoms with E-state index in [1.54, 1.807) is 6.07 Å². The van der Waals surface area contributed by atoms with Gasteiger partial charge in [-0.25, -0.2) is 9.59 Å². The minimum atomic E-state index is -4.18. The van der Waals surface area contributed by atoms with E-state index in [1.165, 1.54) is 32.4 Å². The lowest BCUT2D eigenvalue weighted by Gasteiger charge is -2.17. The predicted molar refractivity (Wildman–Crippen MR) is 62.6 cm³/mol. The number of sulfonamides is 1. The first-order chi connectivity index (χ1) is 8.44. The van der Waals surface area contributed by atoms with Crippen LogP contribution in [0.1, 0.15) is 0 Å². The molecule has 1 amide bonds. The molecule has 0 spiro atoms. The van der Waals surface area contributed by atoms with Crippen molar-refractivity contribution in [3.05, 3.63) is 24.3 Å². The van der Waals surface area contributed by atoms with E-state index in [-0.39, 0.29) is 10.6 Å². The van der Waals surface area contributed by atoms with E-state index in [0.29, 0.717) is 0 Å². The predicted octanol–water partition coefficient (Wildman–Crippen LogP) is 0.914. The Kier molecular flexibility index (Phi) is 4.19. The van der Waals surface area contributed by atoms with Gasteiger partial charge in [-0.2, -0.15) is 8.42 Å². The molecule has 0 aliphatic carbocycles. The van der Waals surface area contributed by atoms with Crippen LogP contribution in [0.15, 0.2) is 33.6 Å². The third kappa shape index (κ3) is 2.73. The monoisotopic (exact) mass is 270 g/mol. The molecule has 7 nitrogen and oxygen atoms in total. The fourth-order valence-electron chi connectivity index (χ4n) is 1.29. The number of anilines is 1. The molecule has 0 aromatic heterocycles. The molecule has 0 aliphatic heterocycles. The molecule has 1 rings (SSSR count). The number of benzene rings is 1. The van der Waals surface area contributed by atoms with Gasteiger partial charge >= 0.3 is 6.09 Å². The lowest BCUT2D eigenvalue weighted by Crippen LogP contribution is -2.27. The van der Waals surface area contributed by atoms with E-state index < -0.39 is 16.1 Å². The first-order valence-corrected chi connectivity index (χ1v) is 6.13. The molecule has 0 bridgehead atoms. The molecule has 0 saturated heterocycles. The van der Waals surface area contributed by atoms with Gasteiger partial charge in [0.15, 0.2) is 0 Å². The molecule has 0 fully saturated rings. The number of hydrogen-bond donors (Lipinski definition) is 0. The Labute approximate surface area is 104 Å². The standard InChI is InChI=1S/C10H10N2O5S/c1-12(10(14)17-2)8-5-3-4-6-9(8)18(15,16)11-7-13/h3-6H,1-2H3. The summed E-state index contributed by atoms with van der Waals surface area (Å²) in [7, 11) is -1.67. The highest BCUT2D eigenvalue weighted by molar-refractivity contribution is 7.90. The zero-order valence-corrected chi connectivity index (χ0v) is 10.5. The van der Waals surface area contributed by atoms with Crippen LogP contribution in [-0.4, -0.2) is 34.7 Å². The Bertz CT molecular complexity index is 604. The van der Waals surface area contributed by atoms with Gasteiger partial charge in [0, 0.05) is 7.05 Å². The molecule has 96 valence electrons. The van der Waals surface area contributed by atoms with Crippen molar-refractivity contribution in [3.63, 3.8) is 0 Å². The summed E-state index contributed by atoms with van der Waals surface area (Å²) in [5.74, 6) is 0. The summed E-state index contributed by atoms with van der Waals surface area (Å²) in [6.07, 6.45) is 0.225. The largest absolute Gasteiger partial charge is 0.452 e. The highest BCUT2D eigenvalue weighted by Crippen LogP contribution is 2.25. The van der Waals surface area contributed by atoms with Gasteiger partial charge in [-0.3, -0.25) is 4.90 Å². The lowest BCUT2D eigenvalue weighted by molar-refractivity contribution is 0.180. The molecule has 0 atom stereocenters. The second-order valence-corrected chi connectivity index (χ2v) is 4.73. The number of carbonyl (C=O) groups is 1. The number of isocyanates is 1. The molecule has 0 saturated carbocycles. The summed E-state index contributed by atoms with van der Waals surface area (Å²) < 4.78 is 30.5. The second kappa shape index (κ2) is 5.44. The third-order valence-electron chi connectivity index (χ3n) is 2.11. The van der Waals surface area contributed by atoms with Crippen LogP contribution < -0.4 is 4.90 Å². The van der Waals surface area contributed by atoms with Gasteiger partial charge in [-0.05, 0) is 12.1 Å². The van der Waals surface area contributed by atoms with Crippen LogP contribution >= 0.6 is 0 Å². The second-order valence-electron chi connectivity index (χ2n) is 3.15. The Hall–Kier alpha value is -2.18. The number of methoxy groups -OCH3 is 1. The van der Waals surface area contributed by atoms with Gasteiger partial charge < -0.3 is 4.74 Å². The Morgan fingerprint density at radius 3 is 2.56 bits per heavy atom. The van der Waals surface area contributed by atoms with Crippen molar-refractivity contribution >= 4 is 27.9 Å². The summed E-state index contributed by atoms with van der Waals surface area (Å²) in [5, 5.41) is 0. The molecule has 8 heteroatoms. The van der Waals surface area contributed by atoms with E-state index in [1.807, 2.05) is 0 Å². The Morgan fingerprint density at radius 2 is 2.00 bits per heavy atom. The number of amides is 1. The highest BCUT2D eigenvalue weighted by atomic mass is 32.2. The molecule has 1 aromatic carbocycles. The van der Waals surface area contributed by atoms with Crippen LogP contribution in [0.5, 0.6) is 0 Å². The number of carbonyl (C=O) groups excluding carboxylic acids is 2. The van der Waals surface area contributed by atoms with Crippen molar-refractivity contribution in [1.82, 2.24) is 0 Å². The van der Waals surface area contributed by atoms with Crippen molar-refractivity contribution in [2.24, 2.45) is 4.40 Å². The first-order valence-electron chi connectivity index (χ1n) is 4.69. The van der Waals surface area contributed by atoms with Crippen molar-refractivity contribution in [2.75, 3.05) is 19.1 Å². The number of nitrogens with zero attached hydrogens (tertiary/aromatic N) is 2. The van der Waals surface area contributed by atoms with E-state index in [9.17, 15) is 18.0 Å². The third-order valence-corrected chi connectivity index (χ3v) is 3.33. The normalized spacial score (nSPS) is 10.3. The maximum absolute atomic E-state index is 11.7. The van der Waals surface area contributed by atoms with Gasteiger partial charge in [0.2, 0.25) is 0 Å². The molecule has 0 N–H and O–H groups in total. The molecule has 18 heavy (non-hydrogen) atoms. The first kappa shape index (κ1) is 13.9. The van der Waals surface area contributed by atoms with Crippen molar-refractivity contribution in [3.8, 4) is 0 Å². The minimum absolute atomic E-state index is 0.0587. The zero-order chi connectivity index (χ0) is 13.8. The maximum atomic E-state index is 11.7. The van der Waals surface area contributed by atoms with Crippen molar-refractivity contribution < 1.29 is 22.7 Å². The SMILES string of the molecule is COC(=O)N(C)c1ccccc1S(=O)(=O)N=C=O. The summed E-state index contributed by atoms with van der Waals surface area (Å²) in [6.45, 7) is 0. The fourth-order valence-corrected chi connectivity index (χ4v) is 2.20. The van der Waals surface area contributed by atoms with Gasteiger partial charge in [-0.1, -0.05) is 16.5 Å². The lowest BCUT2D eigenvalue weighted by atomic mass is 10.3.